The third-order valence-corrected chi connectivity index (χ3v) is 5.63. The number of rotatable bonds is 3. The van der Waals surface area contributed by atoms with Crippen LogP contribution in [0.4, 0.5) is 0 Å². The van der Waals surface area contributed by atoms with Crippen molar-refractivity contribution in [3.63, 3.8) is 0 Å². The molecule has 0 aliphatic carbocycles. The topological polar surface area (TPSA) is 220 Å². The van der Waals surface area contributed by atoms with Gasteiger partial charge in [-0.05, 0) is 12.1 Å². The van der Waals surface area contributed by atoms with E-state index in [0.717, 1.165) is 12.1 Å². The van der Waals surface area contributed by atoms with E-state index in [0.29, 0.717) is 0 Å². The molecule has 1 aliphatic heterocycles. The van der Waals surface area contributed by atoms with Gasteiger partial charge in [0.25, 0.3) is 0 Å². The Kier molecular flexibility index (Phi) is 4.63. The fraction of sp³-hybridized carbons (Fsp3) is 0.300. The fourth-order valence-electron chi connectivity index (χ4n) is 3.95. The minimum absolute atomic E-state index is 0.0964. The molecule has 0 bridgehead atoms. The number of aliphatic hydroxyl groups is 4. The highest BCUT2D eigenvalue weighted by atomic mass is 16.7. The number of hydrogen-bond acceptors (Lipinski definition) is 13. The highest BCUT2D eigenvalue weighted by molar-refractivity contribution is 6.22. The second-order valence-electron chi connectivity index (χ2n) is 7.57. The second-order valence-corrected chi connectivity index (χ2v) is 7.57. The molecule has 1 fully saturated rings. The number of phenols is 3. The molecule has 5 atom stereocenters. The monoisotopic (exact) mass is 464 g/mol. The molecule has 0 radical (unpaired) electrons. The molecule has 0 spiro atoms. The van der Waals surface area contributed by atoms with Crippen LogP contribution < -0.4 is 16.0 Å². The molecule has 3 heterocycles. The Morgan fingerprint density at radius 2 is 1.39 bits per heavy atom. The maximum Gasteiger partial charge on any atom is 0.344 e. The number of phenolic OH excluding ortho intramolecular Hbond substituents is 3. The third kappa shape index (κ3) is 2.91. The Bertz CT molecular complexity index is 1500. The predicted octanol–water partition coefficient (Wildman–Crippen LogP) is -1.21. The van der Waals surface area contributed by atoms with Crippen LogP contribution in [0.2, 0.25) is 0 Å². The van der Waals surface area contributed by atoms with Gasteiger partial charge in [0, 0.05) is 10.8 Å². The van der Waals surface area contributed by atoms with E-state index in [1.807, 2.05) is 0 Å². The van der Waals surface area contributed by atoms with Crippen molar-refractivity contribution >= 4 is 32.7 Å². The molecule has 174 valence electrons. The van der Waals surface area contributed by atoms with Crippen molar-refractivity contribution in [1.82, 2.24) is 0 Å². The van der Waals surface area contributed by atoms with Crippen LogP contribution in [0.15, 0.2) is 30.6 Å². The molecule has 1 aliphatic rings. The van der Waals surface area contributed by atoms with Gasteiger partial charge in [-0.15, -0.1) is 0 Å². The Hall–Kier alpha value is -3.62. The largest absolute Gasteiger partial charge is 0.504 e. The second kappa shape index (κ2) is 7.19. The Morgan fingerprint density at radius 3 is 2.00 bits per heavy atom. The summed E-state index contributed by atoms with van der Waals surface area (Å²) in [6.45, 7) is -0.730. The van der Waals surface area contributed by atoms with E-state index in [-0.39, 0.29) is 21.5 Å². The molecule has 0 unspecified atom stereocenters. The van der Waals surface area contributed by atoms with Crippen LogP contribution in [0.1, 0.15) is 0 Å². The molecular weight excluding hydrogens is 448 g/mol. The molecule has 2 aromatic heterocycles. The average Bonchev–Trinajstić information content (AvgIpc) is 2.79. The van der Waals surface area contributed by atoms with E-state index in [2.05, 4.69) is 0 Å². The molecule has 33 heavy (non-hydrogen) atoms. The molecule has 4 aromatic rings. The average molecular weight is 464 g/mol. The van der Waals surface area contributed by atoms with Crippen molar-refractivity contribution in [3.8, 4) is 23.0 Å². The third-order valence-electron chi connectivity index (χ3n) is 5.63. The molecule has 2 aromatic carbocycles. The van der Waals surface area contributed by atoms with E-state index in [9.17, 15) is 45.3 Å². The molecule has 13 nitrogen and oxygen atoms in total. The normalized spacial score (nSPS) is 25.9. The van der Waals surface area contributed by atoms with Crippen LogP contribution in [0, 0.1) is 0 Å². The summed E-state index contributed by atoms with van der Waals surface area (Å²) in [5.41, 5.74) is -3.12. The van der Waals surface area contributed by atoms with Crippen molar-refractivity contribution in [2.45, 2.75) is 30.7 Å². The summed E-state index contributed by atoms with van der Waals surface area (Å²) >= 11 is 0. The minimum atomic E-state index is -1.82. The van der Waals surface area contributed by atoms with E-state index >= 15 is 0 Å². The first kappa shape index (κ1) is 21.2. The summed E-state index contributed by atoms with van der Waals surface area (Å²) in [4.78, 5) is 25.1. The van der Waals surface area contributed by atoms with Gasteiger partial charge in [0.1, 0.15) is 24.4 Å². The van der Waals surface area contributed by atoms with Crippen LogP contribution in [0.25, 0.3) is 32.7 Å². The highest BCUT2D eigenvalue weighted by Crippen LogP contribution is 2.45. The standard InChI is InChI=1S/C20H16O13/c21-3-8-12(24)14(26)15(27)20(31-8)30-7-2-5-10-9-4(18(28)33-17(10)13(7)25)1-6(22)11(23)16(9)32-19(5)29/h1-2,8,12,14-15,20-27H,3H2/t8-,12-,14+,15-,20-/m1/s1. The minimum Gasteiger partial charge on any atom is -0.504 e. The van der Waals surface area contributed by atoms with Crippen molar-refractivity contribution in [2.24, 2.45) is 0 Å². The lowest BCUT2D eigenvalue weighted by Crippen LogP contribution is -2.60. The Labute approximate surface area is 180 Å². The predicted molar refractivity (Wildman–Crippen MR) is 107 cm³/mol. The van der Waals surface area contributed by atoms with Gasteiger partial charge in [0.05, 0.1) is 17.4 Å². The van der Waals surface area contributed by atoms with Gasteiger partial charge < -0.3 is 54.1 Å². The van der Waals surface area contributed by atoms with Crippen molar-refractivity contribution in [1.29, 1.82) is 0 Å². The van der Waals surface area contributed by atoms with Crippen LogP contribution in [0.5, 0.6) is 23.0 Å². The molecule has 5 rings (SSSR count). The van der Waals surface area contributed by atoms with Gasteiger partial charge in [0.15, 0.2) is 22.7 Å². The molecule has 7 N–H and O–H groups in total. The lowest BCUT2D eigenvalue weighted by Gasteiger charge is -2.39. The van der Waals surface area contributed by atoms with Crippen molar-refractivity contribution in [2.75, 3.05) is 6.61 Å². The quantitative estimate of drug-likeness (QED) is 0.108. The highest BCUT2D eigenvalue weighted by Gasteiger charge is 2.45. The SMILES string of the molecule is O=c1oc2c(O)c(O[C@@H]3O[C@H](CO)[C@@H](O)[C@H](O)[C@H]3O)cc3c(=O)oc4c(O)c(O)cc1c4c23. The smallest absolute Gasteiger partial charge is 0.344 e. The van der Waals surface area contributed by atoms with Gasteiger partial charge in [-0.25, -0.2) is 9.59 Å². The van der Waals surface area contributed by atoms with Gasteiger partial charge in [-0.3, -0.25) is 0 Å². The number of benzene rings is 2. The molecule has 13 heteroatoms. The van der Waals surface area contributed by atoms with Crippen LogP contribution >= 0.6 is 0 Å². The van der Waals surface area contributed by atoms with Gasteiger partial charge >= 0.3 is 11.3 Å². The zero-order chi connectivity index (χ0) is 23.8. The molecule has 1 saturated heterocycles. The van der Waals surface area contributed by atoms with E-state index in [4.69, 9.17) is 18.3 Å². The maximum atomic E-state index is 12.6. The number of aromatic hydroxyl groups is 3. The van der Waals surface area contributed by atoms with Crippen molar-refractivity contribution < 1.29 is 54.1 Å². The summed E-state index contributed by atoms with van der Waals surface area (Å²) < 4.78 is 20.8. The summed E-state index contributed by atoms with van der Waals surface area (Å²) in [6.07, 6.45) is -8.26. The van der Waals surface area contributed by atoms with E-state index in [1.54, 1.807) is 0 Å². The molecule has 0 saturated carbocycles. The summed E-state index contributed by atoms with van der Waals surface area (Å²) in [5, 5.41) is 69.3. The van der Waals surface area contributed by atoms with Gasteiger partial charge in [-0.1, -0.05) is 0 Å². The van der Waals surface area contributed by atoms with Gasteiger partial charge in [-0.2, -0.15) is 0 Å². The molecular formula is C20H16O13. The van der Waals surface area contributed by atoms with Gasteiger partial charge in [0.2, 0.25) is 17.8 Å². The first-order valence-electron chi connectivity index (χ1n) is 9.54. The maximum absolute atomic E-state index is 12.6. The van der Waals surface area contributed by atoms with E-state index < -0.39 is 82.7 Å². The Morgan fingerprint density at radius 1 is 0.818 bits per heavy atom. The number of hydrogen-bond donors (Lipinski definition) is 7. The van der Waals surface area contributed by atoms with Crippen molar-refractivity contribution in [3.05, 3.63) is 33.0 Å². The van der Waals surface area contributed by atoms with Crippen LogP contribution in [0.3, 0.4) is 0 Å². The molecule has 0 amide bonds. The zero-order valence-electron chi connectivity index (χ0n) is 16.3. The first-order valence-corrected chi connectivity index (χ1v) is 9.54. The van der Waals surface area contributed by atoms with Crippen LogP contribution in [-0.2, 0) is 4.74 Å². The van der Waals surface area contributed by atoms with E-state index in [1.165, 1.54) is 0 Å². The number of ether oxygens (including phenoxy) is 2. The number of aliphatic hydroxyl groups excluding tert-OH is 4. The summed E-state index contributed by atoms with van der Waals surface area (Å²) in [6, 6.07) is 1.91. The lowest BCUT2D eigenvalue weighted by atomic mass is 9.99. The summed E-state index contributed by atoms with van der Waals surface area (Å²) in [5.74, 6) is -2.84. The first-order chi connectivity index (χ1) is 15.6. The van der Waals surface area contributed by atoms with Crippen LogP contribution in [-0.4, -0.2) is 73.1 Å². The Balaban J connectivity index is 1.74. The lowest BCUT2D eigenvalue weighted by molar-refractivity contribution is -0.277. The summed E-state index contributed by atoms with van der Waals surface area (Å²) in [7, 11) is 0. The zero-order valence-corrected chi connectivity index (χ0v) is 16.3. The fourth-order valence-corrected chi connectivity index (χ4v) is 3.95.